The number of carbonyl (C=O) groups is 2. The van der Waals surface area contributed by atoms with Crippen LogP contribution in [0.4, 0.5) is 0 Å². The summed E-state index contributed by atoms with van der Waals surface area (Å²) >= 11 is 0. The zero-order valence-electron chi connectivity index (χ0n) is 18.6. The normalized spacial score (nSPS) is 19.5. The van der Waals surface area contributed by atoms with Crippen molar-refractivity contribution in [1.29, 1.82) is 0 Å². The number of hydrogen-bond acceptors (Lipinski definition) is 4. The number of carbonyl (C=O) groups excluding carboxylic acids is 2. The highest BCUT2D eigenvalue weighted by molar-refractivity contribution is 6.46. The second-order valence-corrected chi connectivity index (χ2v) is 8.89. The Kier molecular flexibility index (Phi) is 5.55. The van der Waals surface area contributed by atoms with E-state index in [0.29, 0.717) is 5.56 Å². The standard InChI is InChI=1S/C28H26N2O3/c1-18-6-4-10-22(14-18)25-24(26(31)23-12-11-20-8-2-3-9-21(20)15-23)27(32)28(33)30(25)17-19-7-5-13-29-16-19/h4-7,10-16,25,31H,2-3,8-9,17H2,1H3/b26-24-. The van der Waals surface area contributed by atoms with Gasteiger partial charge in [0.1, 0.15) is 5.76 Å². The lowest BCUT2D eigenvalue weighted by Gasteiger charge is -2.25. The van der Waals surface area contributed by atoms with Crippen molar-refractivity contribution in [3.63, 3.8) is 0 Å². The first kappa shape index (κ1) is 21.1. The van der Waals surface area contributed by atoms with E-state index in [0.717, 1.165) is 36.0 Å². The average molecular weight is 439 g/mol. The second-order valence-electron chi connectivity index (χ2n) is 8.89. The second kappa shape index (κ2) is 8.66. The Morgan fingerprint density at radius 2 is 1.85 bits per heavy atom. The Morgan fingerprint density at radius 3 is 2.61 bits per heavy atom. The van der Waals surface area contributed by atoms with Gasteiger partial charge in [-0.3, -0.25) is 14.6 Å². The molecule has 0 spiro atoms. The van der Waals surface area contributed by atoms with Crippen LogP contribution in [0.15, 0.2) is 72.6 Å². The third kappa shape index (κ3) is 3.95. The van der Waals surface area contributed by atoms with Crippen molar-refractivity contribution in [3.8, 4) is 0 Å². The van der Waals surface area contributed by atoms with Gasteiger partial charge in [-0.2, -0.15) is 0 Å². The largest absolute Gasteiger partial charge is 0.507 e. The molecule has 0 saturated carbocycles. The maximum absolute atomic E-state index is 13.3. The van der Waals surface area contributed by atoms with Gasteiger partial charge in [-0.15, -0.1) is 0 Å². The number of pyridine rings is 1. The Balaban J connectivity index is 1.64. The van der Waals surface area contributed by atoms with E-state index in [4.69, 9.17) is 0 Å². The minimum absolute atomic E-state index is 0.109. The van der Waals surface area contributed by atoms with Gasteiger partial charge in [-0.25, -0.2) is 0 Å². The van der Waals surface area contributed by atoms with Crippen LogP contribution in [-0.2, 0) is 29.0 Å². The maximum Gasteiger partial charge on any atom is 0.295 e. The van der Waals surface area contributed by atoms with Crippen molar-refractivity contribution in [3.05, 3.63) is 106 Å². The van der Waals surface area contributed by atoms with Gasteiger partial charge in [-0.1, -0.05) is 48.0 Å². The van der Waals surface area contributed by atoms with Crippen molar-refractivity contribution in [2.45, 2.75) is 45.2 Å². The number of nitrogens with zero attached hydrogens (tertiary/aromatic N) is 2. The van der Waals surface area contributed by atoms with Crippen LogP contribution in [-0.4, -0.2) is 26.7 Å². The van der Waals surface area contributed by atoms with Crippen LogP contribution in [0.3, 0.4) is 0 Å². The van der Waals surface area contributed by atoms with Crippen LogP contribution in [0.1, 0.15) is 52.3 Å². The smallest absolute Gasteiger partial charge is 0.295 e. The first-order chi connectivity index (χ1) is 16.0. The molecule has 3 aromatic rings. The number of hydrogen-bond donors (Lipinski definition) is 1. The lowest BCUT2D eigenvalue weighted by atomic mass is 9.88. The number of aromatic nitrogens is 1. The van der Waals surface area contributed by atoms with E-state index in [1.54, 1.807) is 18.5 Å². The fourth-order valence-electron chi connectivity index (χ4n) is 4.95. The van der Waals surface area contributed by atoms with Crippen molar-refractivity contribution >= 4 is 17.4 Å². The molecule has 2 aromatic carbocycles. The minimum Gasteiger partial charge on any atom is -0.507 e. The third-order valence-corrected chi connectivity index (χ3v) is 6.60. The summed E-state index contributed by atoms with van der Waals surface area (Å²) in [5.74, 6) is -1.37. The maximum atomic E-state index is 13.3. The summed E-state index contributed by atoms with van der Waals surface area (Å²) in [5, 5.41) is 11.4. The molecular weight excluding hydrogens is 412 g/mol. The zero-order valence-corrected chi connectivity index (χ0v) is 18.6. The van der Waals surface area contributed by atoms with Gasteiger partial charge in [-0.05, 0) is 67.0 Å². The molecular formula is C28H26N2O3. The molecule has 33 heavy (non-hydrogen) atoms. The highest BCUT2D eigenvalue weighted by Gasteiger charge is 2.46. The number of benzene rings is 2. The molecule has 0 radical (unpaired) electrons. The SMILES string of the molecule is Cc1cccc(C2/C(=C(/O)c3ccc4c(c3)CCCC4)C(=O)C(=O)N2Cc2cccnc2)c1. The van der Waals surface area contributed by atoms with E-state index in [-0.39, 0.29) is 17.9 Å². The first-order valence-electron chi connectivity index (χ1n) is 11.4. The van der Waals surface area contributed by atoms with Crippen LogP contribution in [0.2, 0.25) is 0 Å². The van der Waals surface area contributed by atoms with E-state index in [1.165, 1.54) is 22.4 Å². The van der Waals surface area contributed by atoms with E-state index in [1.807, 2.05) is 55.5 Å². The highest BCUT2D eigenvalue weighted by atomic mass is 16.3. The summed E-state index contributed by atoms with van der Waals surface area (Å²) in [7, 11) is 0. The van der Waals surface area contributed by atoms with Gasteiger partial charge in [0.05, 0.1) is 11.6 Å². The molecule has 0 bridgehead atoms. The monoisotopic (exact) mass is 438 g/mol. The quantitative estimate of drug-likeness (QED) is 0.358. The number of aliphatic hydroxyl groups is 1. The molecule has 2 heterocycles. The predicted octanol–water partition coefficient (Wildman–Crippen LogP) is 4.89. The molecule has 5 nitrogen and oxygen atoms in total. The molecule has 2 aliphatic rings. The van der Waals surface area contributed by atoms with Gasteiger partial charge < -0.3 is 10.0 Å². The van der Waals surface area contributed by atoms with E-state index in [2.05, 4.69) is 4.98 Å². The number of fused-ring (bicyclic) bond motifs is 1. The summed E-state index contributed by atoms with van der Waals surface area (Å²) in [4.78, 5) is 32.1. The third-order valence-electron chi connectivity index (χ3n) is 6.60. The molecule has 1 aliphatic carbocycles. The molecule has 1 saturated heterocycles. The molecule has 1 amide bonds. The molecule has 1 N–H and O–H groups in total. The molecule has 5 heteroatoms. The first-order valence-corrected chi connectivity index (χ1v) is 11.4. The number of amides is 1. The molecule has 1 aromatic heterocycles. The number of ketones is 1. The summed E-state index contributed by atoms with van der Waals surface area (Å²) < 4.78 is 0. The molecule has 1 atom stereocenters. The summed E-state index contributed by atoms with van der Waals surface area (Å²) in [6.07, 6.45) is 7.66. The van der Waals surface area contributed by atoms with Gasteiger partial charge in [0.25, 0.3) is 11.7 Å². The molecule has 1 unspecified atom stereocenters. The summed E-state index contributed by atoms with van der Waals surface area (Å²) in [6.45, 7) is 2.21. The highest BCUT2D eigenvalue weighted by Crippen LogP contribution is 2.40. The lowest BCUT2D eigenvalue weighted by Crippen LogP contribution is -2.29. The topological polar surface area (TPSA) is 70.5 Å². The van der Waals surface area contributed by atoms with Crippen LogP contribution in [0.25, 0.3) is 5.76 Å². The van der Waals surface area contributed by atoms with Crippen molar-refractivity contribution in [2.24, 2.45) is 0 Å². The van der Waals surface area contributed by atoms with Crippen LogP contribution >= 0.6 is 0 Å². The van der Waals surface area contributed by atoms with E-state index >= 15 is 0 Å². The van der Waals surface area contributed by atoms with Crippen molar-refractivity contribution < 1.29 is 14.7 Å². The molecule has 166 valence electrons. The Morgan fingerprint density at radius 1 is 1.03 bits per heavy atom. The lowest BCUT2D eigenvalue weighted by molar-refractivity contribution is -0.140. The van der Waals surface area contributed by atoms with Crippen molar-refractivity contribution in [1.82, 2.24) is 9.88 Å². The number of aryl methyl sites for hydroxylation is 3. The Bertz CT molecular complexity index is 1260. The van der Waals surface area contributed by atoms with E-state index in [9.17, 15) is 14.7 Å². The Hall–Kier alpha value is -3.73. The Labute approximate surface area is 193 Å². The summed E-state index contributed by atoms with van der Waals surface area (Å²) in [5.41, 5.74) is 5.89. The van der Waals surface area contributed by atoms with E-state index < -0.39 is 17.7 Å². The van der Waals surface area contributed by atoms with Crippen LogP contribution < -0.4 is 0 Å². The minimum atomic E-state index is -0.666. The number of likely N-dealkylation sites (tertiary alicyclic amines) is 1. The number of rotatable bonds is 4. The van der Waals surface area contributed by atoms with Crippen molar-refractivity contribution in [2.75, 3.05) is 0 Å². The van der Waals surface area contributed by atoms with Gasteiger partial charge in [0.15, 0.2) is 0 Å². The van der Waals surface area contributed by atoms with Gasteiger partial charge in [0, 0.05) is 24.5 Å². The van der Waals surface area contributed by atoms with Crippen LogP contribution in [0, 0.1) is 6.92 Å². The molecule has 1 aliphatic heterocycles. The predicted molar refractivity (Wildman–Crippen MR) is 126 cm³/mol. The van der Waals surface area contributed by atoms with Gasteiger partial charge >= 0.3 is 0 Å². The molecule has 5 rings (SSSR count). The summed E-state index contributed by atoms with van der Waals surface area (Å²) in [6, 6.07) is 16.6. The van der Waals surface area contributed by atoms with Gasteiger partial charge in [0.2, 0.25) is 0 Å². The zero-order chi connectivity index (χ0) is 22.9. The number of aliphatic hydroxyl groups excluding tert-OH is 1. The molecule has 1 fully saturated rings. The number of Topliss-reactive ketones (excluding diaryl/α,β-unsaturated/α-hetero) is 1. The fourth-order valence-corrected chi connectivity index (χ4v) is 4.95. The fraction of sp³-hybridized carbons (Fsp3) is 0.250. The van der Waals surface area contributed by atoms with Crippen LogP contribution in [0.5, 0.6) is 0 Å². The average Bonchev–Trinajstić information content (AvgIpc) is 3.09.